The van der Waals surface area contributed by atoms with Crippen molar-refractivity contribution in [3.63, 3.8) is 0 Å². The van der Waals surface area contributed by atoms with Gasteiger partial charge in [-0.1, -0.05) is 6.07 Å². The van der Waals surface area contributed by atoms with Crippen LogP contribution in [0.3, 0.4) is 0 Å². The molecule has 0 heterocycles. The molecule has 0 aliphatic heterocycles. The molecule has 0 fully saturated rings. The maximum Gasteiger partial charge on any atom is 0.331 e. The third kappa shape index (κ3) is 6.94. The van der Waals surface area contributed by atoms with Gasteiger partial charge in [0.15, 0.2) is 18.1 Å². The smallest absolute Gasteiger partial charge is 0.331 e. The lowest BCUT2D eigenvalue weighted by molar-refractivity contribution is -0.144. The molecule has 8 nitrogen and oxygen atoms in total. The molecule has 0 saturated carbocycles. The lowest BCUT2D eigenvalue weighted by Gasteiger charge is -2.10. The maximum atomic E-state index is 11.6. The first kappa shape index (κ1) is 20.0. The predicted octanol–water partition coefficient (Wildman–Crippen LogP) is 0.465. The van der Waals surface area contributed by atoms with Crippen LogP contribution in [0.1, 0.15) is 5.56 Å². The van der Waals surface area contributed by atoms with Gasteiger partial charge < -0.3 is 24.4 Å². The van der Waals surface area contributed by atoms with Crippen LogP contribution in [0.4, 0.5) is 0 Å². The molecule has 2 amide bonds. The van der Waals surface area contributed by atoms with Crippen LogP contribution in [-0.4, -0.2) is 64.2 Å². The molecule has 0 atom stereocenters. The van der Waals surface area contributed by atoms with Gasteiger partial charge in [-0.05, 0) is 23.8 Å². The molecule has 0 aliphatic rings. The minimum absolute atomic E-state index is 0.148. The molecule has 0 spiro atoms. The second-order valence-electron chi connectivity index (χ2n) is 5.12. The minimum atomic E-state index is -0.677. The molecule has 1 aromatic carbocycles. The molecular weight excluding hydrogens is 328 g/mol. The van der Waals surface area contributed by atoms with Crippen LogP contribution in [0.15, 0.2) is 24.3 Å². The summed E-state index contributed by atoms with van der Waals surface area (Å²) in [5, 5.41) is 2.36. The van der Waals surface area contributed by atoms with Crippen LogP contribution >= 0.6 is 0 Å². The summed E-state index contributed by atoms with van der Waals surface area (Å²) in [4.78, 5) is 35.8. The van der Waals surface area contributed by atoms with E-state index in [4.69, 9.17) is 14.2 Å². The molecule has 0 saturated heterocycles. The molecule has 8 heteroatoms. The van der Waals surface area contributed by atoms with Crippen molar-refractivity contribution >= 4 is 23.9 Å². The van der Waals surface area contributed by atoms with Gasteiger partial charge in [0.1, 0.15) is 0 Å². The van der Waals surface area contributed by atoms with Crippen LogP contribution in [0, 0.1) is 0 Å². The molecular formula is C17H22N2O6. The number of hydrogen-bond donors (Lipinski definition) is 1. The van der Waals surface area contributed by atoms with E-state index in [0.717, 1.165) is 0 Å². The van der Waals surface area contributed by atoms with Crippen molar-refractivity contribution < 1.29 is 28.6 Å². The van der Waals surface area contributed by atoms with Crippen molar-refractivity contribution in [2.75, 3.05) is 41.5 Å². The summed E-state index contributed by atoms with van der Waals surface area (Å²) in [5.74, 6) is -0.380. The average molecular weight is 350 g/mol. The summed E-state index contributed by atoms with van der Waals surface area (Å²) in [7, 11) is 6.20. The molecule has 1 rings (SSSR count). The molecule has 25 heavy (non-hydrogen) atoms. The quantitative estimate of drug-likeness (QED) is 0.541. The first-order valence-corrected chi connectivity index (χ1v) is 7.41. The fraction of sp³-hybridized carbons (Fsp3) is 0.353. The zero-order valence-corrected chi connectivity index (χ0v) is 14.7. The number of ether oxygens (including phenoxy) is 3. The summed E-state index contributed by atoms with van der Waals surface area (Å²) in [6.45, 7) is -0.610. The van der Waals surface area contributed by atoms with Gasteiger partial charge >= 0.3 is 5.97 Å². The Hall–Kier alpha value is -3.03. The number of esters is 1. The van der Waals surface area contributed by atoms with Gasteiger partial charge in [0.05, 0.1) is 20.8 Å². The van der Waals surface area contributed by atoms with Gasteiger partial charge in [0.25, 0.3) is 5.91 Å². The summed E-state index contributed by atoms with van der Waals surface area (Å²) < 4.78 is 15.1. The molecule has 0 bridgehead atoms. The van der Waals surface area contributed by atoms with Gasteiger partial charge in [0.2, 0.25) is 5.91 Å². The van der Waals surface area contributed by atoms with Crippen LogP contribution in [0.5, 0.6) is 11.5 Å². The molecule has 0 aromatic heterocycles. The van der Waals surface area contributed by atoms with E-state index < -0.39 is 18.5 Å². The van der Waals surface area contributed by atoms with Crippen molar-refractivity contribution in [1.29, 1.82) is 0 Å². The highest BCUT2D eigenvalue weighted by Crippen LogP contribution is 2.27. The summed E-state index contributed by atoms with van der Waals surface area (Å²) >= 11 is 0. The van der Waals surface area contributed by atoms with Gasteiger partial charge in [-0.3, -0.25) is 9.59 Å². The SMILES string of the molecule is COc1ccc(/C=C/C(=O)OCC(=O)NCC(=O)N(C)C)cc1OC. The molecule has 1 N–H and O–H groups in total. The largest absolute Gasteiger partial charge is 0.493 e. The first-order chi connectivity index (χ1) is 11.9. The zero-order valence-electron chi connectivity index (χ0n) is 14.7. The lowest BCUT2D eigenvalue weighted by Crippen LogP contribution is -2.38. The first-order valence-electron chi connectivity index (χ1n) is 7.41. The zero-order chi connectivity index (χ0) is 18.8. The fourth-order valence-corrected chi connectivity index (χ4v) is 1.69. The van der Waals surface area contributed by atoms with Gasteiger partial charge in [-0.15, -0.1) is 0 Å². The van der Waals surface area contributed by atoms with Crippen molar-refractivity contribution in [3.8, 4) is 11.5 Å². The average Bonchev–Trinajstić information content (AvgIpc) is 2.61. The predicted molar refractivity (Wildman–Crippen MR) is 91.2 cm³/mol. The Labute approximate surface area is 146 Å². The Morgan fingerprint density at radius 3 is 2.40 bits per heavy atom. The van der Waals surface area contributed by atoms with E-state index in [2.05, 4.69) is 5.32 Å². The van der Waals surface area contributed by atoms with E-state index in [1.54, 1.807) is 32.3 Å². The third-order valence-electron chi connectivity index (χ3n) is 3.10. The van der Waals surface area contributed by atoms with Gasteiger partial charge in [-0.2, -0.15) is 0 Å². The van der Waals surface area contributed by atoms with Crippen LogP contribution in [-0.2, 0) is 19.1 Å². The highest BCUT2D eigenvalue weighted by Gasteiger charge is 2.09. The highest BCUT2D eigenvalue weighted by molar-refractivity contribution is 5.90. The monoisotopic (exact) mass is 350 g/mol. The van der Waals surface area contributed by atoms with Crippen molar-refractivity contribution in [2.45, 2.75) is 0 Å². The van der Waals surface area contributed by atoms with Crippen LogP contribution in [0.25, 0.3) is 6.08 Å². The lowest BCUT2D eigenvalue weighted by atomic mass is 10.2. The van der Waals surface area contributed by atoms with Crippen LogP contribution < -0.4 is 14.8 Å². The van der Waals surface area contributed by atoms with Crippen molar-refractivity contribution in [1.82, 2.24) is 10.2 Å². The van der Waals surface area contributed by atoms with E-state index in [1.807, 2.05) is 0 Å². The Bertz CT molecular complexity index is 655. The van der Waals surface area contributed by atoms with Crippen LogP contribution in [0.2, 0.25) is 0 Å². The fourth-order valence-electron chi connectivity index (χ4n) is 1.69. The Kier molecular flexibility index (Phi) is 7.98. The summed E-state index contributed by atoms with van der Waals surface area (Å²) in [6, 6.07) is 5.14. The molecule has 0 radical (unpaired) electrons. The second kappa shape index (κ2) is 9.96. The van der Waals surface area contributed by atoms with Crippen molar-refractivity contribution in [3.05, 3.63) is 29.8 Å². The third-order valence-corrected chi connectivity index (χ3v) is 3.10. The highest BCUT2D eigenvalue weighted by atomic mass is 16.5. The standard InChI is InChI=1S/C17H22N2O6/c1-19(2)16(21)10-18-15(20)11-25-17(22)8-6-12-5-7-13(23-3)14(9-12)24-4/h5-9H,10-11H2,1-4H3,(H,18,20)/b8-6+. The Balaban J connectivity index is 2.47. The summed E-state index contributed by atoms with van der Waals surface area (Å²) in [5.41, 5.74) is 0.704. The number of likely N-dealkylation sites (N-methyl/N-ethyl adjacent to an activating group) is 1. The Morgan fingerprint density at radius 1 is 1.12 bits per heavy atom. The van der Waals surface area contributed by atoms with Gasteiger partial charge in [-0.25, -0.2) is 4.79 Å². The van der Waals surface area contributed by atoms with Gasteiger partial charge in [0, 0.05) is 20.2 Å². The van der Waals surface area contributed by atoms with E-state index in [1.165, 1.54) is 31.3 Å². The maximum absolute atomic E-state index is 11.6. The number of nitrogens with zero attached hydrogens (tertiary/aromatic N) is 1. The summed E-state index contributed by atoms with van der Waals surface area (Å²) in [6.07, 6.45) is 2.72. The topological polar surface area (TPSA) is 94.2 Å². The van der Waals surface area contributed by atoms with E-state index in [0.29, 0.717) is 17.1 Å². The number of hydrogen-bond acceptors (Lipinski definition) is 6. The molecule has 0 unspecified atom stereocenters. The Morgan fingerprint density at radius 2 is 1.80 bits per heavy atom. The number of carbonyl (C=O) groups excluding carboxylic acids is 3. The number of rotatable bonds is 8. The van der Waals surface area contributed by atoms with E-state index in [9.17, 15) is 14.4 Å². The molecule has 1 aromatic rings. The van der Waals surface area contributed by atoms with E-state index >= 15 is 0 Å². The normalized spacial score (nSPS) is 10.2. The minimum Gasteiger partial charge on any atom is -0.493 e. The van der Waals surface area contributed by atoms with Crippen molar-refractivity contribution in [2.24, 2.45) is 0 Å². The number of nitrogens with one attached hydrogen (secondary N) is 1. The number of amides is 2. The number of carbonyl (C=O) groups is 3. The molecule has 0 aliphatic carbocycles. The number of benzene rings is 1. The van der Waals surface area contributed by atoms with E-state index in [-0.39, 0.29) is 12.5 Å². The molecule has 136 valence electrons. The number of methoxy groups -OCH3 is 2. The second-order valence-corrected chi connectivity index (χ2v) is 5.12.